The summed E-state index contributed by atoms with van der Waals surface area (Å²) in [6.45, 7) is 4.66. The van der Waals surface area contributed by atoms with Crippen LogP contribution in [0.2, 0.25) is 0 Å². The quantitative estimate of drug-likeness (QED) is 0.613. The zero-order valence-corrected chi connectivity index (χ0v) is 19.3. The standard InChI is InChI=1S/C23H27N3O6S/c1-17(27)18-3-2-4-20(15-18)33(29,30)26-11-9-25(10-12-26)8-7-23(28)24-19-5-6-21-22(16-19)32-14-13-31-21/h2-6,15-16H,7-14H2,1H3,(H,24,28). The molecule has 2 aliphatic heterocycles. The molecule has 0 unspecified atom stereocenters. The zero-order chi connectivity index (χ0) is 23.4. The predicted molar refractivity (Wildman–Crippen MR) is 122 cm³/mol. The van der Waals surface area contributed by atoms with E-state index in [2.05, 4.69) is 10.2 Å². The molecule has 33 heavy (non-hydrogen) atoms. The lowest BCUT2D eigenvalue weighted by atomic mass is 10.2. The van der Waals surface area contributed by atoms with Gasteiger partial charge in [-0.3, -0.25) is 9.59 Å². The maximum atomic E-state index is 13.0. The van der Waals surface area contributed by atoms with Crippen LogP contribution in [0, 0.1) is 0 Å². The summed E-state index contributed by atoms with van der Waals surface area (Å²) in [6, 6.07) is 11.4. The molecular weight excluding hydrogens is 446 g/mol. The van der Waals surface area contributed by atoms with Gasteiger partial charge in [0.1, 0.15) is 13.2 Å². The van der Waals surface area contributed by atoms with Gasteiger partial charge < -0.3 is 19.7 Å². The number of piperazine rings is 1. The molecule has 2 aromatic rings. The third-order valence-electron chi connectivity index (χ3n) is 5.69. The fraction of sp³-hybridized carbons (Fsp3) is 0.391. The predicted octanol–water partition coefficient (Wildman–Crippen LogP) is 2.00. The van der Waals surface area contributed by atoms with Crippen LogP contribution in [-0.2, 0) is 14.8 Å². The Kier molecular flexibility index (Phi) is 6.96. The van der Waals surface area contributed by atoms with Crippen molar-refractivity contribution in [2.75, 3.05) is 51.3 Å². The molecule has 0 saturated carbocycles. The maximum absolute atomic E-state index is 13.0. The number of carbonyl (C=O) groups excluding carboxylic acids is 2. The molecule has 9 nitrogen and oxygen atoms in total. The Labute approximate surface area is 193 Å². The Hall–Kier alpha value is -2.95. The number of fused-ring (bicyclic) bond motifs is 1. The second kappa shape index (κ2) is 9.90. The number of ketones is 1. The molecule has 0 aromatic heterocycles. The molecule has 10 heteroatoms. The second-order valence-corrected chi connectivity index (χ2v) is 9.92. The number of carbonyl (C=O) groups is 2. The number of sulfonamides is 1. The van der Waals surface area contributed by atoms with Crippen molar-refractivity contribution in [3.05, 3.63) is 48.0 Å². The average Bonchev–Trinajstić information content (AvgIpc) is 2.83. The molecule has 2 aromatic carbocycles. The van der Waals surface area contributed by atoms with E-state index < -0.39 is 10.0 Å². The second-order valence-electron chi connectivity index (χ2n) is 7.99. The highest BCUT2D eigenvalue weighted by Crippen LogP contribution is 2.32. The summed E-state index contributed by atoms with van der Waals surface area (Å²) in [5.74, 6) is 0.986. The first-order chi connectivity index (χ1) is 15.8. The van der Waals surface area contributed by atoms with E-state index in [4.69, 9.17) is 9.47 Å². The van der Waals surface area contributed by atoms with Gasteiger partial charge in [-0.05, 0) is 31.2 Å². The summed E-state index contributed by atoms with van der Waals surface area (Å²) in [6.07, 6.45) is 0.294. The van der Waals surface area contributed by atoms with Crippen molar-refractivity contribution in [1.82, 2.24) is 9.21 Å². The van der Waals surface area contributed by atoms with E-state index in [1.807, 2.05) is 0 Å². The van der Waals surface area contributed by atoms with E-state index in [0.717, 1.165) is 0 Å². The van der Waals surface area contributed by atoms with Crippen molar-refractivity contribution in [2.24, 2.45) is 0 Å². The van der Waals surface area contributed by atoms with Crippen LogP contribution in [0.1, 0.15) is 23.7 Å². The molecule has 176 valence electrons. The normalized spacial score (nSPS) is 16.9. The van der Waals surface area contributed by atoms with Gasteiger partial charge in [0, 0.05) is 56.5 Å². The molecule has 1 N–H and O–H groups in total. The van der Waals surface area contributed by atoms with Crippen LogP contribution in [0.5, 0.6) is 11.5 Å². The molecule has 1 saturated heterocycles. The third-order valence-corrected chi connectivity index (χ3v) is 7.59. The molecule has 1 fully saturated rings. The number of benzene rings is 2. The number of hydrogen-bond donors (Lipinski definition) is 1. The monoisotopic (exact) mass is 473 g/mol. The topological polar surface area (TPSA) is 105 Å². The number of anilines is 1. The van der Waals surface area contributed by atoms with Crippen molar-refractivity contribution in [2.45, 2.75) is 18.2 Å². The molecule has 0 radical (unpaired) electrons. The van der Waals surface area contributed by atoms with Gasteiger partial charge in [0.25, 0.3) is 0 Å². The van der Waals surface area contributed by atoms with Gasteiger partial charge in [-0.15, -0.1) is 0 Å². The largest absolute Gasteiger partial charge is 0.486 e. The summed E-state index contributed by atoms with van der Waals surface area (Å²) < 4.78 is 38.3. The minimum Gasteiger partial charge on any atom is -0.486 e. The Morgan fingerprint density at radius 3 is 2.42 bits per heavy atom. The Morgan fingerprint density at radius 2 is 1.70 bits per heavy atom. The SMILES string of the molecule is CC(=O)c1cccc(S(=O)(=O)N2CCN(CCC(=O)Nc3ccc4c(c3)OCCO4)CC2)c1. The van der Waals surface area contributed by atoms with Gasteiger partial charge in [0.15, 0.2) is 17.3 Å². The number of Topliss-reactive ketones (excluding diaryl/α,β-unsaturated/α-hetero) is 1. The van der Waals surface area contributed by atoms with Gasteiger partial charge in [-0.2, -0.15) is 4.31 Å². The summed E-state index contributed by atoms with van der Waals surface area (Å²) in [7, 11) is -3.67. The summed E-state index contributed by atoms with van der Waals surface area (Å²) in [5.41, 5.74) is 1.02. The van der Waals surface area contributed by atoms with Crippen LogP contribution in [0.25, 0.3) is 0 Å². The van der Waals surface area contributed by atoms with Gasteiger partial charge in [-0.25, -0.2) is 8.42 Å². The van der Waals surface area contributed by atoms with Crippen LogP contribution >= 0.6 is 0 Å². The lowest BCUT2D eigenvalue weighted by molar-refractivity contribution is -0.116. The third kappa shape index (κ3) is 5.52. The number of hydrogen-bond acceptors (Lipinski definition) is 7. The van der Waals surface area contributed by atoms with E-state index in [1.165, 1.54) is 23.4 Å². The molecule has 0 atom stereocenters. The van der Waals surface area contributed by atoms with Gasteiger partial charge in [-0.1, -0.05) is 12.1 Å². The first-order valence-corrected chi connectivity index (χ1v) is 12.3. The average molecular weight is 474 g/mol. The highest BCUT2D eigenvalue weighted by molar-refractivity contribution is 7.89. The van der Waals surface area contributed by atoms with Gasteiger partial charge in [0.05, 0.1) is 4.90 Å². The lowest BCUT2D eigenvalue weighted by Gasteiger charge is -2.33. The fourth-order valence-electron chi connectivity index (χ4n) is 3.82. The minimum atomic E-state index is -3.67. The number of rotatable bonds is 7. The van der Waals surface area contributed by atoms with E-state index in [-0.39, 0.29) is 16.6 Å². The van der Waals surface area contributed by atoms with E-state index >= 15 is 0 Å². The molecule has 2 heterocycles. The Morgan fingerprint density at radius 1 is 0.970 bits per heavy atom. The Bertz CT molecular complexity index is 1140. The lowest BCUT2D eigenvalue weighted by Crippen LogP contribution is -2.49. The number of amides is 1. The fourth-order valence-corrected chi connectivity index (χ4v) is 5.29. The first-order valence-electron chi connectivity index (χ1n) is 10.9. The van der Waals surface area contributed by atoms with Crippen LogP contribution < -0.4 is 14.8 Å². The van der Waals surface area contributed by atoms with Crippen molar-refractivity contribution in [1.29, 1.82) is 0 Å². The molecule has 0 bridgehead atoms. The molecule has 0 aliphatic carbocycles. The highest BCUT2D eigenvalue weighted by atomic mass is 32.2. The van der Waals surface area contributed by atoms with Gasteiger partial charge in [0.2, 0.25) is 15.9 Å². The van der Waals surface area contributed by atoms with Gasteiger partial charge >= 0.3 is 0 Å². The van der Waals surface area contributed by atoms with Crippen molar-refractivity contribution in [3.8, 4) is 11.5 Å². The van der Waals surface area contributed by atoms with Crippen LogP contribution in [0.4, 0.5) is 5.69 Å². The molecular formula is C23H27N3O6S. The number of ether oxygens (including phenoxy) is 2. The van der Waals surface area contributed by atoms with E-state index in [0.29, 0.717) is 75.1 Å². The summed E-state index contributed by atoms with van der Waals surface area (Å²) in [4.78, 5) is 26.2. The number of nitrogens with one attached hydrogen (secondary N) is 1. The van der Waals surface area contributed by atoms with Crippen molar-refractivity contribution >= 4 is 27.4 Å². The maximum Gasteiger partial charge on any atom is 0.243 e. The smallest absolute Gasteiger partial charge is 0.243 e. The molecule has 0 spiro atoms. The zero-order valence-electron chi connectivity index (χ0n) is 18.5. The highest BCUT2D eigenvalue weighted by Gasteiger charge is 2.29. The van der Waals surface area contributed by atoms with Crippen molar-refractivity contribution < 1.29 is 27.5 Å². The molecule has 2 aliphatic rings. The van der Waals surface area contributed by atoms with E-state index in [1.54, 1.807) is 30.3 Å². The Balaban J connectivity index is 1.27. The summed E-state index contributed by atoms with van der Waals surface area (Å²) in [5, 5.41) is 2.87. The van der Waals surface area contributed by atoms with E-state index in [9.17, 15) is 18.0 Å². The van der Waals surface area contributed by atoms with Crippen molar-refractivity contribution in [3.63, 3.8) is 0 Å². The minimum absolute atomic E-state index is 0.122. The van der Waals surface area contributed by atoms with Crippen LogP contribution in [0.3, 0.4) is 0 Å². The molecule has 1 amide bonds. The number of nitrogens with zero attached hydrogens (tertiary/aromatic N) is 2. The molecule has 4 rings (SSSR count). The summed E-state index contributed by atoms with van der Waals surface area (Å²) >= 11 is 0. The first kappa shape index (κ1) is 23.2. The van der Waals surface area contributed by atoms with Crippen LogP contribution in [-0.4, -0.2) is 75.3 Å². The van der Waals surface area contributed by atoms with Crippen LogP contribution in [0.15, 0.2) is 47.4 Å².